The van der Waals surface area contributed by atoms with Crippen molar-refractivity contribution >= 4 is 23.2 Å². The van der Waals surface area contributed by atoms with E-state index in [1.54, 1.807) is 0 Å². The molecule has 1 heterocycles. The molecule has 74 valence electrons. The van der Waals surface area contributed by atoms with Crippen LogP contribution in [-0.4, -0.2) is 12.6 Å². The van der Waals surface area contributed by atoms with Crippen molar-refractivity contribution in [3.05, 3.63) is 46.0 Å². The molecule has 3 heteroatoms. The van der Waals surface area contributed by atoms with Crippen molar-refractivity contribution in [1.29, 1.82) is 0 Å². The number of hydrogen-bond donors (Lipinski definition) is 1. The molecule has 0 saturated heterocycles. The molecular weight excluding hydrogens is 217 g/mol. The Kier molecular flexibility index (Phi) is 3.12. The van der Waals surface area contributed by atoms with Crippen LogP contribution < -0.4 is 5.32 Å². The SMILES string of the molecule is Clc1ccc(CC2C=CCN2)cc1Cl. The van der Waals surface area contributed by atoms with Crippen LogP contribution in [0, 0.1) is 0 Å². The van der Waals surface area contributed by atoms with E-state index in [0.29, 0.717) is 16.1 Å². The number of rotatable bonds is 2. The van der Waals surface area contributed by atoms with Crippen molar-refractivity contribution in [3.8, 4) is 0 Å². The van der Waals surface area contributed by atoms with Crippen molar-refractivity contribution in [2.45, 2.75) is 12.5 Å². The van der Waals surface area contributed by atoms with Gasteiger partial charge in [0.1, 0.15) is 0 Å². The minimum Gasteiger partial charge on any atom is -0.307 e. The van der Waals surface area contributed by atoms with Gasteiger partial charge in [-0.1, -0.05) is 41.4 Å². The molecule has 1 N–H and O–H groups in total. The molecular formula is C11H11Cl2N. The van der Waals surface area contributed by atoms with Gasteiger partial charge < -0.3 is 5.32 Å². The molecule has 0 radical (unpaired) electrons. The molecule has 0 aliphatic carbocycles. The minimum absolute atomic E-state index is 0.437. The Balaban J connectivity index is 2.09. The molecule has 1 unspecified atom stereocenters. The first kappa shape index (κ1) is 10.0. The van der Waals surface area contributed by atoms with Gasteiger partial charge in [0.2, 0.25) is 0 Å². The zero-order valence-corrected chi connectivity index (χ0v) is 9.15. The first-order valence-corrected chi connectivity index (χ1v) is 5.35. The average molecular weight is 228 g/mol. The van der Waals surface area contributed by atoms with E-state index in [2.05, 4.69) is 17.5 Å². The lowest BCUT2D eigenvalue weighted by molar-refractivity contribution is 0.665. The van der Waals surface area contributed by atoms with Crippen LogP contribution in [0.4, 0.5) is 0 Å². The van der Waals surface area contributed by atoms with Gasteiger partial charge in [-0.3, -0.25) is 0 Å². The molecule has 1 nitrogen and oxygen atoms in total. The third-order valence-electron chi connectivity index (χ3n) is 2.31. The Labute approximate surface area is 93.7 Å². The van der Waals surface area contributed by atoms with Gasteiger partial charge in [-0.25, -0.2) is 0 Å². The van der Waals surface area contributed by atoms with Crippen molar-refractivity contribution in [1.82, 2.24) is 5.32 Å². The number of halogens is 2. The van der Waals surface area contributed by atoms with E-state index in [-0.39, 0.29) is 0 Å². The van der Waals surface area contributed by atoms with Gasteiger partial charge in [0, 0.05) is 12.6 Å². The molecule has 1 aromatic carbocycles. The second-order valence-electron chi connectivity index (χ2n) is 3.40. The second-order valence-corrected chi connectivity index (χ2v) is 4.21. The third kappa shape index (κ3) is 2.30. The van der Waals surface area contributed by atoms with E-state index >= 15 is 0 Å². The highest BCUT2D eigenvalue weighted by Crippen LogP contribution is 2.23. The van der Waals surface area contributed by atoms with Crippen molar-refractivity contribution < 1.29 is 0 Å². The highest BCUT2D eigenvalue weighted by Gasteiger charge is 2.09. The third-order valence-corrected chi connectivity index (χ3v) is 3.04. The Morgan fingerprint density at radius 3 is 2.79 bits per heavy atom. The van der Waals surface area contributed by atoms with E-state index < -0.39 is 0 Å². The van der Waals surface area contributed by atoms with Gasteiger partial charge >= 0.3 is 0 Å². The fourth-order valence-electron chi connectivity index (χ4n) is 1.58. The van der Waals surface area contributed by atoms with Gasteiger partial charge in [-0.15, -0.1) is 0 Å². The Morgan fingerprint density at radius 2 is 2.14 bits per heavy atom. The molecule has 0 aromatic heterocycles. The van der Waals surface area contributed by atoms with E-state index in [1.807, 2.05) is 18.2 Å². The predicted octanol–water partition coefficient (Wildman–Crippen LogP) is 3.06. The Bertz CT molecular complexity index is 360. The van der Waals surface area contributed by atoms with Crippen molar-refractivity contribution in [2.24, 2.45) is 0 Å². The summed E-state index contributed by atoms with van der Waals surface area (Å²) in [6, 6.07) is 6.23. The number of nitrogens with one attached hydrogen (secondary N) is 1. The zero-order chi connectivity index (χ0) is 9.97. The molecule has 0 amide bonds. The Hall–Kier alpha value is -0.500. The van der Waals surface area contributed by atoms with Crippen LogP contribution in [0.25, 0.3) is 0 Å². The summed E-state index contributed by atoms with van der Waals surface area (Å²) in [6.07, 6.45) is 5.29. The van der Waals surface area contributed by atoms with Crippen molar-refractivity contribution in [2.75, 3.05) is 6.54 Å². The summed E-state index contributed by atoms with van der Waals surface area (Å²) in [5.41, 5.74) is 1.21. The fourth-order valence-corrected chi connectivity index (χ4v) is 1.90. The van der Waals surface area contributed by atoms with E-state index in [4.69, 9.17) is 23.2 Å². The largest absolute Gasteiger partial charge is 0.307 e. The summed E-state index contributed by atoms with van der Waals surface area (Å²) >= 11 is 11.8. The maximum atomic E-state index is 5.93. The molecule has 0 bridgehead atoms. The maximum absolute atomic E-state index is 5.93. The first-order chi connectivity index (χ1) is 6.75. The lowest BCUT2D eigenvalue weighted by Gasteiger charge is -2.09. The lowest BCUT2D eigenvalue weighted by atomic mass is 10.1. The quantitative estimate of drug-likeness (QED) is 0.767. The molecule has 1 atom stereocenters. The van der Waals surface area contributed by atoms with Crippen LogP contribution in [0.2, 0.25) is 10.0 Å². The van der Waals surface area contributed by atoms with Crippen LogP contribution >= 0.6 is 23.2 Å². The highest BCUT2D eigenvalue weighted by molar-refractivity contribution is 6.42. The average Bonchev–Trinajstić information content (AvgIpc) is 2.64. The van der Waals surface area contributed by atoms with Crippen LogP contribution in [0.3, 0.4) is 0 Å². The molecule has 14 heavy (non-hydrogen) atoms. The summed E-state index contributed by atoms with van der Waals surface area (Å²) in [6.45, 7) is 0.964. The van der Waals surface area contributed by atoms with Gasteiger partial charge in [0.25, 0.3) is 0 Å². The molecule has 1 aliphatic rings. The smallest absolute Gasteiger partial charge is 0.0595 e. The fraction of sp³-hybridized carbons (Fsp3) is 0.273. The molecule has 1 aromatic rings. The monoisotopic (exact) mass is 227 g/mol. The van der Waals surface area contributed by atoms with E-state index in [0.717, 1.165) is 13.0 Å². The number of hydrogen-bond acceptors (Lipinski definition) is 1. The number of benzene rings is 1. The topological polar surface area (TPSA) is 12.0 Å². The predicted molar refractivity (Wildman–Crippen MR) is 61.1 cm³/mol. The summed E-state index contributed by atoms with van der Waals surface area (Å²) in [4.78, 5) is 0. The minimum atomic E-state index is 0.437. The van der Waals surface area contributed by atoms with Crippen molar-refractivity contribution in [3.63, 3.8) is 0 Å². The van der Waals surface area contributed by atoms with Gasteiger partial charge in [0.05, 0.1) is 10.0 Å². The van der Waals surface area contributed by atoms with Gasteiger partial charge in [0.15, 0.2) is 0 Å². The lowest BCUT2D eigenvalue weighted by Crippen LogP contribution is -2.24. The van der Waals surface area contributed by atoms with Crippen LogP contribution in [0.5, 0.6) is 0 Å². The summed E-state index contributed by atoms with van der Waals surface area (Å²) in [5, 5.41) is 4.60. The maximum Gasteiger partial charge on any atom is 0.0595 e. The van der Waals surface area contributed by atoms with Gasteiger partial charge in [-0.05, 0) is 24.1 Å². The standard InChI is InChI=1S/C11H11Cl2N/c12-10-4-3-8(7-11(10)13)6-9-2-1-5-14-9/h1-4,7,9,14H,5-6H2. The summed E-state index contributed by atoms with van der Waals surface area (Å²) in [5.74, 6) is 0. The molecule has 2 rings (SSSR count). The van der Waals surface area contributed by atoms with Gasteiger partial charge in [-0.2, -0.15) is 0 Å². The second kappa shape index (κ2) is 4.35. The summed E-state index contributed by atoms with van der Waals surface area (Å²) < 4.78 is 0. The molecule has 1 aliphatic heterocycles. The van der Waals surface area contributed by atoms with Crippen LogP contribution in [0.1, 0.15) is 5.56 Å². The van der Waals surface area contributed by atoms with Crippen LogP contribution in [-0.2, 0) is 6.42 Å². The molecule has 0 fully saturated rings. The molecule has 0 saturated carbocycles. The van der Waals surface area contributed by atoms with E-state index in [9.17, 15) is 0 Å². The van der Waals surface area contributed by atoms with E-state index in [1.165, 1.54) is 5.56 Å². The highest BCUT2D eigenvalue weighted by atomic mass is 35.5. The first-order valence-electron chi connectivity index (χ1n) is 4.59. The summed E-state index contributed by atoms with van der Waals surface area (Å²) in [7, 11) is 0. The zero-order valence-electron chi connectivity index (χ0n) is 7.63. The molecule has 0 spiro atoms. The normalized spacial score (nSPS) is 20.3. The Morgan fingerprint density at radius 1 is 1.29 bits per heavy atom. The van der Waals surface area contributed by atoms with Crippen LogP contribution in [0.15, 0.2) is 30.4 Å².